The lowest BCUT2D eigenvalue weighted by atomic mass is 9.85. The van der Waals surface area contributed by atoms with E-state index in [4.69, 9.17) is 0 Å². The van der Waals surface area contributed by atoms with Crippen molar-refractivity contribution in [3.63, 3.8) is 0 Å². The summed E-state index contributed by atoms with van der Waals surface area (Å²) in [6, 6.07) is 1.84. The summed E-state index contributed by atoms with van der Waals surface area (Å²) in [4.78, 5) is 8.45. The second kappa shape index (κ2) is 4.65. The van der Waals surface area contributed by atoms with Crippen LogP contribution in [0.1, 0.15) is 37.3 Å². The Bertz CT molecular complexity index is 361. The quantitative estimate of drug-likeness (QED) is 0.588. The number of halogens is 2. The van der Waals surface area contributed by atoms with Gasteiger partial charge < -0.3 is 0 Å². The molecule has 88 valence electrons. The van der Waals surface area contributed by atoms with Crippen molar-refractivity contribution in [1.29, 1.82) is 0 Å². The molecule has 0 amide bonds. The molecule has 1 saturated carbocycles. The van der Waals surface area contributed by atoms with Crippen LogP contribution in [0.25, 0.3) is 0 Å². The Morgan fingerprint density at radius 1 is 1.38 bits per heavy atom. The van der Waals surface area contributed by atoms with E-state index in [1.807, 2.05) is 12.3 Å². The van der Waals surface area contributed by atoms with E-state index in [9.17, 15) is 8.78 Å². The van der Waals surface area contributed by atoms with Crippen LogP contribution in [0.5, 0.6) is 0 Å². The maximum absolute atomic E-state index is 13.0. The monoisotopic (exact) mass is 244 g/mol. The summed E-state index contributed by atoms with van der Waals surface area (Å²) < 4.78 is 26.0. The summed E-state index contributed by atoms with van der Waals surface area (Å²) in [5.74, 6) is -2.29. The lowest BCUT2D eigenvalue weighted by Gasteiger charge is -2.27. The first-order valence-corrected chi connectivity index (χ1v) is 6.58. The van der Waals surface area contributed by atoms with Crippen LogP contribution in [0, 0.1) is 0 Å². The fourth-order valence-electron chi connectivity index (χ4n) is 2.02. The third-order valence-corrected chi connectivity index (χ3v) is 3.53. The first kappa shape index (κ1) is 11.8. The van der Waals surface area contributed by atoms with Crippen molar-refractivity contribution >= 4 is 11.8 Å². The van der Waals surface area contributed by atoms with Gasteiger partial charge in [-0.3, -0.25) is 0 Å². The third-order valence-electron chi connectivity index (χ3n) is 2.97. The number of aromatic nitrogens is 2. The Balaban J connectivity index is 2.08. The van der Waals surface area contributed by atoms with Gasteiger partial charge in [0.1, 0.15) is 0 Å². The molecule has 16 heavy (non-hydrogen) atoms. The van der Waals surface area contributed by atoms with Gasteiger partial charge in [-0.25, -0.2) is 18.7 Å². The lowest BCUT2D eigenvalue weighted by molar-refractivity contribution is -0.0385. The molecule has 2 rings (SSSR count). The average Bonchev–Trinajstić information content (AvgIpc) is 2.29. The highest BCUT2D eigenvalue weighted by molar-refractivity contribution is 7.98. The zero-order valence-corrected chi connectivity index (χ0v) is 9.94. The van der Waals surface area contributed by atoms with Crippen LogP contribution in [0.3, 0.4) is 0 Å². The van der Waals surface area contributed by atoms with Crippen LogP contribution in [0.15, 0.2) is 17.4 Å². The van der Waals surface area contributed by atoms with Crippen molar-refractivity contribution in [2.24, 2.45) is 0 Å². The van der Waals surface area contributed by atoms with Gasteiger partial charge in [0.2, 0.25) is 5.92 Å². The van der Waals surface area contributed by atoms with Crippen molar-refractivity contribution < 1.29 is 8.78 Å². The fraction of sp³-hybridized carbons (Fsp3) is 0.636. The minimum atomic E-state index is -2.47. The molecule has 0 N–H and O–H groups in total. The molecule has 2 nitrogen and oxygen atoms in total. The molecule has 0 saturated heterocycles. The molecule has 5 heteroatoms. The number of hydrogen-bond acceptors (Lipinski definition) is 3. The van der Waals surface area contributed by atoms with E-state index >= 15 is 0 Å². The van der Waals surface area contributed by atoms with Gasteiger partial charge in [0.25, 0.3) is 0 Å². The smallest absolute Gasteiger partial charge is 0.231 e. The lowest BCUT2D eigenvalue weighted by Crippen LogP contribution is -2.24. The maximum atomic E-state index is 13.0. The molecule has 0 radical (unpaired) electrons. The van der Waals surface area contributed by atoms with Crippen LogP contribution in [-0.4, -0.2) is 22.1 Å². The van der Waals surface area contributed by atoms with E-state index in [0.29, 0.717) is 12.8 Å². The second-order valence-electron chi connectivity index (χ2n) is 4.10. The zero-order chi connectivity index (χ0) is 11.6. The van der Waals surface area contributed by atoms with E-state index in [0.717, 1.165) is 10.9 Å². The van der Waals surface area contributed by atoms with Crippen LogP contribution in [0.2, 0.25) is 0 Å². The number of nitrogens with zero attached hydrogens (tertiary/aromatic N) is 2. The fourth-order valence-corrected chi connectivity index (χ4v) is 2.38. The summed E-state index contributed by atoms with van der Waals surface area (Å²) in [7, 11) is 0. The molecule has 1 aliphatic carbocycles. The minimum Gasteiger partial charge on any atom is -0.231 e. The van der Waals surface area contributed by atoms with Crippen molar-refractivity contribution in [2.75, 3.05) is 6.26 Å². The van der Waals surface area contributed by atoms with Crippen LogP contribution >= 0.6 is 11.8 Å². The molecular formula is C11H14F2N2S. The zero-order valence-electron chi connectivity index (χ0n) is 9.12. The molecule has 0 bridgehead atoms. The van der Waals surface area contributed by atoms with Gasteiger partial charge in [-0.2, -0.15) is 0 Å². The largest absolute Gasteiger partial charge is 0.248 e. The SMILES string of the molecule is CSc1nccc(C2CCC(F)(F)CC2)n1. The van der Waals surface area contributed by atoms with Gasteiger partial charge in [0.05, 0.1) is 0 Å². The number of alkyl halides is 2. The maximum Gasteiger partial charge on any atom is 0.248 e. The Morgan fingerprint density at radius 3 is 2.69 bits per heavy atom. The van der Waals surface area contributed by atoms with Crippen LogP contribution in [0.4, 0.5) is 8.78 Å². The summed E-state index contributed by atoms with van der Waals surface area (Å²) in [6.45, 7) is 0. The highest BCUT2D eigenvalue weighted by Gasteiger charge is 2.35. The molecule has 1 aliphatic rings. The predicted octanol–water partition coefficient (Wildman–Crippen LogP) is 3.49. The number of rotatable bonds is 2. The molecule has 1 aromatic rings. The molecule has 1 aromatic heterocycles. The summed E-state index contributed by atoms with van der Waals surface area (Å²) in [5, 5.41) is 0.717. The standard InChI is InChI=1S/C11H14F2N2S/c1-16-10-14-7-4-9(15-10)8-2-5-11(12,13)6-3-8/h4,7-8H,2-3,5-6H2,1H3. The topological polar surface area (TPSA) is 25.8 Å². The van der Waals surface area contributed by atoms with E-state index in [1.165, 1.54) is 11.8 Å². The Kier molecular flexibility index (Phi) is 3.42. The Labute approximate surface area is 97.9 Å². The first-order valence-electron chi connectivity index (χ1n) is 5.35. The summed E-state index contributed by atoms with van der Waals surface area (Å²) >= 11 is 1.48. The van der Waals surface area contributed by atoms with Crippen molar-refractivity contribution in [3.8, 4) is 0 Å². The van der Waals surface area contributed by atoms with Crippen molar-refractivity contribution in [1.82, 2.24) is 9.97 Å². The summed E-state index contributed by atoms with van der Waals surface area (Å²) in [5.41, 5.74) is 0.912. The molecule has 1 heterocycles. The van der Waals surface area contributed by atoms with Crippen molar-refractivity contribution in [2.45, 2.75) is 42.7 Å². The van der Waals surface area contributed by atoms with Gasteiger partial charge in [-0.1, -0.05) is 11.8 Å². The van der Waals surface area contributed by atoms with Gasteiger partial charge >= 0.3 is 0 Å². The van der Waals surface area contributed by atoms with E-state index in [1.54, 1.807) is 6.20 Å². The highest BCUT2D eigenvalue weighted by atomic mass is 32.2. The van der Waals surface area contributed by atoms with Gasteiger partial charge in [0.15, 0.2) is 5.16 Å². The number of hydrogen-bond donors (Lipinski definition) is 0. The van der Waals surface area contributed by atoms with Gasteiger partial charge in [-0.05, 0) is 25.2 Å². The summed E-state index contributed by atoms with van der Waals surface area (Å²) in [6.07, 6.45) is 4.64. The Hall–Kier alpha value is -0.710. The molecule has 0 spiro atoms. The highest BCUT2D eigenvalue weighted by Crippen LogP contribution is 2.40. The van der Waals surface area contributed by atoms with E-state index < -0.39 is 5.92 Å². The second-order valence-corrected chi connectivity index (χ2v) is 4.87. The third kappa shape index (κ3) is 2.70. The number of thioether (sulfide) groups is 1. The molecule has 0 aromatic carbocycles. The molecule has 0 aliphatic heterocycles. The van der Waals surface area contributed by atoms with Crippen LogP contribution in [-0.2, 0) is 0 Å². The first-order chi connectivity index (χ1) is 7.61. The van der Waals surface area contributed by atoms with Crippen LogP contribution < -0.4 is 0 Å². The molecule has 0 unspecified atom stereocenters. The van der Waals surface area contributed by atoms with Crippen molar-refractivity contribution in [3.05, 3.63) is 18.0 Å². The predicted molar refractivity (Wildman–Crippen MR) is 60.0 cm³/mol. The van der Waals surface area contributed by atoms with Gasteiger partial charge in [0, 0.05) is 30.7 Å². The Morgan fingerprint density at radius 2 is 2.06 bits per heavy atom. The minimum absolute atomic E-state index is 0.0176. The van der Waals surface area contributed by atoms with Gasteiger partial charge in [-0.15, -0.1) is 0 Å². The molecular weight excluding hydrogens is 230 g/mol. The molecule has 0 atom stereocenters. The normalized spacial score (nSPS) is 20.9. The average molecular weight is 244 g/mol. The van der Waals surface area contributed by atoms with E-state index in [2.05, 4.69) is 9.97 Å². The molecule has 1 fully saturated rings. The van der Waals surface area contributed by atoms with E-state index in [-0.39, 0.29) is 18.8 Å².